The van der Waals surface area contributed by atoms with Crippen molar-refractivity contribution in [2.75, 3.05) is 25.7 Å². The van der Waals surface area contributed by atoms with Gasteiger partial charge in [-0.05, 0) is 68.5 Å². The number of carbonyl (C=O) groups is 4. The van der Waals surface area contributed by atoms with Gasteiger partial charge in [-0.25, -0.2) is 9.29 Å². The Balaban J connectivity index is 1.49. The van der Waals surface area contributed by atoms with E-state index in [0.717, 1.165) is 16.5 Å². The van der Waals surface area contributed by atoms with Gasteiger partial charge in [-0.15, -0.1) is 0 Å². The van der Waals surface area contributed by atoms with Gasteiger partial charge in [0, 0.05) is 12.5 Å². The van der Waals surface area contributed by atoms with Gasteiger partial charge in [0.1, 0.15) is 5.82 Å². The lowest BCUT2D eigenvalue weighted by atomic mass is 9.52. The van der Waals surface area contributed by atoms with Gasteiger partial charge in [0.2, 0.25) is 29.4 Å². The van der Waals surface area contributed by atoms with E-state index in [1.807, 2.05) is 12.2 Å². The normalized spacial score (nSPS) is 29.6. The van der Waals surface area contributed by atoms with Crippen LogP contribution in [0.2, 0.25) is 5.02 Å². The second kappa shape index (κ2) is 10.8. The molecule has 4 aliphatic rings. The minimum Gasteiger partial charge on any atom is -0.502 e. The highest BCUT2D eigenvalue weighted by Gasteiger charge is 2.66. The first-order valence-electron chi connectivity index (χ1n) is 14.5. The van der Waals surface area contributed by atoms with Crippen molar-refractivity contribution >= 4 is 47.0 Å². The van der Waals surface area contributed by atoms with Crippen LogP contribution in [0.3, 0.4) is 0 Å². The summed E-state index contributed by atoms with van der Waals surface area (Å²) in [5, 5.41) is 10.2. The molecule has 1 saturated carbocycles. The van der Waals surface area contributed by atoms with Gasteiger partial charge in [0.15, 0.2) is 11.5 Å². The Morgan fingerprint density at radius 3 is 2.34 bits per heavy atom. The van der Waals surface area contributed by atoms with Crippen LogP contribution < -0.4 is 14.4 Å². The molecule has 1 N–H and O–H groups in total. The molecule has 6 rings (SSSR count). The first kappa shape index (κ1) is 29.9. The van der Waals surface area contributed by atoms with Gasteiger partial charge >= 0.3 is 0 Å². The summed E-state index contributed by atoms with van der Waals surface area (Å²) in [4.78, 5) is 57.5. The summed E-state index contributed by atoms with van der Waals surface area (Å²) in [5.41, 5.74) is 0.344. The summed E-state index contributed by atoms with van der Waals surface area (Å²) in [7, 11) is 2.84. The van der Waals surface area contributed by atoms with E-state index in [1.165, 1.54) is 31.3 Å². The van der Waals surface area contributed by atoms with E-state index < -0.39 is 52.6 Å². The third-order valence-corrected chi connectivity index (χ3v) is 10.2. The molecule has 0 aromatic heterocycles. The van der Waals surface area contributed by atoms with Crippen molar-refractivity contribution in [1.82, 2.24) is 4.90 Å². The van der Waals surface area contributed by atoms with Gasteiger partial charge in [-0.1, -0.05) is 35.4 Å². The number of phenols is 1. The number of ether oxygens (including phenoxy) is 2. The predicted octanol–water partition coefficient (Wildman–Crippen LogP) is 5.00. The molecule has 2 aliphatic heterocycles. The zero-order valence-electron chi connectivity index (χ0n) is 24.7. The van der Waals surface area contributed by atoms with Gasteiger partial charge in [0.25, 0.3) is 0 Å². The number of phenolic OH excluding ortho intramolecular Hbond substituents is 1. The lowest BCUT2D eigenvalue weighted by Gasteiger charge is -2.47. The fourth-order valence-corrected chi connectivity index (χ4v) is 7.86. The molecule has 11 heteroatoms. The number of allylic oxidation sites excluding steroid dienone is 3. The van der Waals surface area contributed by atoms with Gasteiger partial charge < -0.3 is 14.6 Å². The number of carbonyl (C=O) groups excluding carboxylic acids is 4. The molecule has 3 fully saturated rings. The zero-order chi connectivity index (χ0) is 31.7. The number of fused-ring (bicyclic) bond motifs is 4. The van der Waals surface area contributed by atoms with Crippen LogP contribution in [0, 0.1) is 40.8 Å². The Morgan fingerprint density at radius 2 is 1.73 bits per heavy atom. The molecule has 2 saturated heterocycles. The van der Waals surface area contributed by atoms with Gasteiger partial charge in [0.05, 0.1) is 48.1 Å². The molecule has 0 bridgehead atoms. The van der Waals surface area contributed by atoms with E-state index in [-0.39, 0.29) is 52.7 Å². The summed E-state index contributed by atoms with van der Waals surface area (Å²) < 4.78 is 24.6. The first-order chi connectivity index (χ1) is 21.0. The van der Waals surface area contributed by atoms with Crippen molar-refractivity contribution < 1.29 is 38.1 Å². The molecule has 0 spiro atoms. The lowest BCUT2D eigenvalue weighted by molar-refractivity contribution is -0.140. The van der Waals surface area contributed by atoms with E-state index in [4.69, 9.17) is 21.1 Å². The lowest BCUT2D eigenvalue weighted by Crippen LogP contribution is -2.49. The number of anilines is 1. The summed E-state index contributed by atoms with van der Waals surface area (Å²) in [5.74, 6) is -4.88. The highest BCUT2D eigenvalue weighted by molar-refractivity contribution is 6.31. The van der Waals surface area contributed by atoms with Crippen molar-refractivity contribution in [3.63, 3.8) is 0 Å². The Kier molecular flexibility index (Phi) is 7.31. The Labute approximate surface area is 258 Å². The zero-order valence-corrected chi connectivity index (χ0v) is 25.4. The van der Waals surface area contributed by atoms with Crippen molar-refractivity contribution in [1.29, 1.82) is 0 Å². The predicted molar refractivity (Wildman–Crippen MR) is 159 cm³/mol. The van der Waals surface area contributed by atoms with Crippen LogP contribution in [-0.4, -0.2) is 54.4 Å². The topological polar surface area (TPSA) is 113 Å². The maximum Gasteiger partial charge on any atom is 0.241 e. The molecule has 230 valence electrons. The number of nitrogens with zero attached hydrogens (tertiary/aromatic N) is 2. The number of likely N-dealkylation sites (tertiary alicyclic amines) is 1. The molecular weight excluding hydrogens is 591 g/mol. The fraction of sp³-hybridized carbons (Fsp3) is 0.394. The van der Waals surface area contributed by atoms with Crippen LogP contribution in [0.4, 0.5) is 10.1 Å². The average Bonchev–Trinajstić information content (AvgIpc) is 3.37. The highest BCUT2D eigenvalue weighted by atomic mass is 35.5. The summed E-state index contributed by atoms with van der Waals surface area (Å²) >= 11 is 6.04. The molecule has 4 amide bonds. The second-order valence-corrected chi connectivity index (χ2v) is 12.3. The maximum absolute atomic E-state index is 14.4. The number of halogens is 2. The third kappa shape index (κ3) is 4.17. The van der Waals surface area contributed by atoms with E-state index in [0.29, 0.717) is 12.0 Å². The van der Waals surface area contributed by atoms with Crippen LogP contribution >= 0.6 is 11.6 Å². The molecule has 0 unspecified atom stereocenters. The number of hydrogen-bond acceptors (Lipinski definition) is 7. The average molecular weight is 623 g/mol. The van der Waals surface area contributed by atoms with Crippen molar-refractivity contribution in [3.05, 3.63) is 64.5 Å². The van der Waals surface area contributed by atoms with Gasteiger partial charge in [-0.3, -0.25) is 24.1 Å². The standard InChI is InChI=1S/C33H32ClFN2O7/c1-5-36-29(39)19-9-8-18-20(27(19)31(36)41)15-22-30(40)37(17-7-11-24(35)23(34)14-17)32(42)33(22,2)21(18)10-6-16-12-25(43-3)28(38)26(13-16)44-4/h6-8,10-14,19-22,27,38H,5,9,15H2,1-4H3/t19-,20+,21-,22-,27-,33-/m0/s1. The fourth-order valence-electron chi connectivity index (χ4n) is 7.68. The largest absolute Gasteiger partial charge is 0.502 e. The second-order valence-electron chi connectivity index (χ2n) is 11.9. The number of imide groups is 2. The Morgan fingerprint density at radius 1 is 1.05 bits per heavy atom. The van der Waals surface area contributed by atoms with Crippen LogP contribution in [0.5, 0.6) is 17.2 Å². The van der Waals surface area contributed by atoms with E-state index in [1.54, 1.807) is 32.1 Å². The molecule has 44 heavy (non-hydrogen) atoms. The number of benzene rings is 2. The van der Waals surface area contributed by atoms with Crippen LogP contribution in [0.15, 0.2) is 48.1 Å². The number of hydrogen-bond donors (Lipinski definition) is 1. The number of amides is 4. The van der Waals surface area contributed by atoms with Crippen molar-refractivity contribution in [2.24, 2.45) is 35.0 Å². The SMILES string of the molecule is CCN1C(=O)[C@H]2[C@H](CC=C3[C@H]2C[C@H]2C(=O)N(c4ccc(F)c(Cl)c4)C(=O)[C@@]2(C)[C@H]3C=Cc2cc(OC)c(O)c(OC)c2)C1=O. The number of aromatic hydroxyl groups is 1. The quantitative estimate of drug-likeness (QED) is 0.356. The molecule has 2 aromatic rings. The molecule has 0 radical (unpaired) electrons. The summed E-state index contributed by atoms with van der Waals surface area (Å²) in [6, 6.07) is 6.95. The Bertz CT molecular complexity index is 1650. The third-order valence-electron chi connectivity index (χ3n) is 9.90. The molecule has 2 aromatic carbocycles. The van der Waals surface area contributed by atoms with Gasteiger partial charge in [-0.2, -0.15) is 0 Å². The van der Waals surface area contributed by atoms with E-state index >= 15 is 0 Å². The molecule has 2 heterocycles. The Hall–Kier alpha value is -4.18. The number of rotatable bonds is 6. The summed E-state index contributed by atoms with van der Waals surface area (Å²) in [6.07, 6.45) is 6.12. The van der Waals surface area contributed by atoms with Crippen molar-refractivity contribution in [3.8, 4) is 17.2 Å². The van der Waals surface area contributed by atoms with E-state index in [9.17, 15) is 28.7 Å². The number of methoxy groups -OCH3 is 2. The molecular formula is C33H32ClFN2O7. The smallest absolute Gasteiger partial charge is 0.241 e. The summed E-state index contributed by atoms with van der Waals surface area (Å²) in [6.45, 7) is 3.77. The minimum absolute atomic E-state index is 0.159. The molecule has 2 aliphatic carbocycles. The highest BCUT2D eigenvalue weighted by Crippen LogP contribution is 2.61. The van der Waals surface area contributed by atoms with Crippen molar-refractivity contribution in [2.45, 2.75) is 26.7 Å². The van der Waals surface area contributed by atoms with Crippen LogP contribution in [0.25, 0.3) is 6.08 Å². The first-order valence-corrected chi connectivity index (χ1v) is 14.9. The van der Waals surface area contributed by atoms with E-state index in [2.05, 4.69) is 0 Å². The molecule has 9 nitrogen and oxygen atoms in total. The van der Waals surface area contributed by atoms with Crippen LogP contribution in [-0.2, 0) is 19.2 Å². The maximum atomic E-state index is 14.4. The molecule has 6 atom stereocenters. The minimum atomic E-state index is -1.26. The monoisotopic (exact) mass is 622 g/mol. The van der Waals surface area contributed by atoms with Crippen LogP contribution in [0.1, 0.15) is 32.3 Å².